The average Bonchev–Trinajstić information content (AvgIpc) is 2.74. The van der Waals surface area contributed by atoms with Gasteiger partial charge in [-0.1, -0.05) is 59.6 Å². The van der Waals surface area contributed by atoms with Crippen LogP contribution in [0.1, 0.15) is 11.1 Å². The highest BCUT2D eigenvalue weighted by molar-refractivity contribution is 6.38. The number of carbonyl (C=O) groups excluding carboxylic acids is 1. The van der Waals surface area contributed by atoms with Crippen LogP contribution in [0.25, 0.3) is 0 Å². The van der Waals surface area contributed by atoms with Gasteiger partial charge < -0.3 is 9.47 Å². The molecule has 3 rings (SSSR count). The van der Waals surface area contributed by atoms with E-state index in [2.05, 4.69) is 10.5 Å². The molecular formula is C22H18Cl2N2O3. The molecule has 0 aromatic heterocycles. The molecule has 0 spiro atoms. The second-order valence-electron chi connectivity index (χ2n) is 5.96. The molecule has 0 aliphatic carbocycles. The molecule has 3 aromatic rings. The number of ether oxygens (including phenoxy) is 2. The van der Waals surface area contributed by atoms with E-state index < -0.39 is 5.91 Å². The normalized spacial score (nSPS) is 10.7. The van der Waals surface area contributed by atoms with E-state index in [1.54, 1.807) is 42.5 Å². The van der Waals surface area contributed by atoms with Crippen molar-refractivity contribution < 1.29 is 14.3 Å². The Morgan fingerprint density at radius 3 is 2.14 bits per heavy atom. The third-order valence-electron chi connectivity index (χ3n) is 3.82. The van der Waals surface area contributed by atoms with Crippen LogP contribution in [0, 0.1) is 0 Å². The molecular weight excluding hydrogens is 411 g/mol. The summed E-state index contributed by atoms with van der Waals surface area (Å²) in [6.07, 6.45) is 1.39. The van der Waals surface area contributed by atoms with Crippen LogP contribution in [0.3, 0.4) is 0 Å². The summed E-state index contributed by atoms with van der Waals surface area (Å²) in [5.74, 6) is 0.853. The summed E-state index contributed by atoms with van der Waals surface area (Å²) in [7, 11) is 0. The topological polar surface area (TPSA) is 59.9 Å². The summed E-state index contributed by atoms with van der Waals surface area (Å²) in [6.45, 7) is 0.300. The predicted molar refractivity (Wildman–Crippen MR) is 115 cm³/mol. The first-order chi connectivity index (χ1) is 14.1. The Labute approximate surface area is 178 Å². The summed E-state index contributed by atoms with van der Waals surface area (Å²) < 4.78 is 11.2. The van der Waals surface area contributed by atoms with Crippen LogP contribution in [0.15, 0.2) is 77.9 Å². The van der Waals surface area contributed by atoms with Gasteiger partial charge in [0.15, 0.2) is 6.61 Å². The van der Waals surface area contributed by atoms with E-state index in [4.69, 9.17) is 32.7 Å². The van der Waals surface area contributed by atoms with Gasteiger partial charge in [-0.25, -0.2) is 5.43 Å². The first-order valence-corrected chi connectivity index (χ1v) is 9.53. The zero-order valence-electron chi connectivity index (χ0n) is 15.3. The van der Waals surface area contributed by atoms with Gasteiger partial charge in [0.05, 0.1) is 16.3 Å². The molecule has 29 heavy (non-hydrogen) atoms. The Kier molecular flexibility index (Phi) is 7.50. The van der Waals surface area contributed by atoms with Crippen molar-refractivity contribution in [1.82, 2.24) is 5.43 Å². The smallest absolute Gasteiger partial charge is 0.277 e. The first-order valence-electron chi connectivity index (χ1n) is 8.77. The fourth-order valence-corrected chi connectivity index (χ4v) is 2.85. The highest BCUT2D eigenvalue weighted by Crippen LogP contribution is 2.22. The second kappa shape index (κ2) is 10.5. The number of halogens is 2. The van der Waals surface area contributed by atoms with Crippen LogP contribution < -0.4 is 14.9 Å². The van der Waals surface area contributed by atoms with Crippen molar-refractivity contribution >= 4 is 35.3 Å². The average molecular weight is 429 g/mol. The zero-order chi connectivity index (χ0) is 20.5. The number of hydrogen-bond donors (Lipinski definition) is 1. The first kappa shape index (κ1) is 20.7. The lowest BCUT2D eigenvalue weighted by Gasteiger charge is -2.08. The zero-order valence-corrected chi connectivity index (χ0v) is 16.9. The molecule has 1 amide bonds. The summed E-state index contributed by atoms with van der Waals surface area (Å²) in [5, 5.41) is 4.74. The van der Waals surface area contributed by atoms with Gasteiger partial charge in [0.1, 0.15) is 18.1 Å². The van der Waals surface area contributed by atoms with E-state index in [1.807, 2.05) is 30.3 Å². The Morgan fingerprint density at radius 2 is 1.48 bits per heavy atom. The number of nitrogens with one attached hydrogen (secondary N) is 1. The van der Waals surface area contributed by atoms with Gasteiger partial charge in [0.25, 0.3) is 5.91 Å². The molecule has 0 saturated carbocycles. The van der Waals surface area contributed by atoms with Gasteiger partial charge in [-0.2, -0.15) is 5.10 Å². The van der Waals surface area contributed by atoms with Crippen molar-refractivity contribution in [2.45, 2.75) is 6.61 Å². The highest BCUT2D eigenvalue weighted by atomic mass is 35.5. The molecule has 0 fully saturated rings. The number of nitrogens with zero attached hydrogens (tertiary/aromatic N) is 1. The second-order valence-corrected chi connectivity index (χ2v) is 6.78. The SMILES string of the molecule is O=C(COc1ccc(OCc2ccccc2)cc1)N/N=C/c1c(Cl)cccc1Cl. The molecule has 3 aromatic carbocycles. The lowest BCUT2D eigenvalue weighted by atomic mass is 10.2. The number of benzene rings is 3. The van der Waals surface area contributed by atoms with Gasteiger partial charge in [-0.05, 0) is 42.0 Å². The van der Waals surface area contributed by atoms with Crippen molar-refractivity contribution in [3.8, 4) is 11.5 Å². The predicted octanol–water partition coefficient (Wildman–Crippen LogP) is 5.10. The Balaban J connectivity index is 1.43. The molecule has 0 heterocycles. The summed E-state index contributed by atoms with van der Waals surface area (Å²) in [6, 6.07) is 22.0. The van der Waals surface area contributed by atoms with Crippen LogP contribution in [0.4, 0.5) is 0 Å². The minimum absolute atomic E-state index is 0.183. The van der Waals surface area contributed by atoms with E-state index in [1.165, 1.54) is 6.21 Å². The number of amides is 1. The van der Waals surface area contributed by atoms with Crippen LogP contribution in [-0.2, 0) is 11.4 Å². The molecule has 5 nitrogen and oxygen atoms in total. The summed E-state index contributed by atoms with van der Waals surface area (Å²) in [4.78, 5) is 11.9. The van der Waals surface area contributed by atoms with Gasteiger partial charge >= 0.3 is 0 Å². The third-order valence-corrected chi connectivity index (χ3v) is 4.48. The van der Waals surface area contributed by atoms with E-state index in [9.17, 15) is 4.79 Å². The third kappa shape index (κ3) is 6.52. The quantitative estimate of drug-likeness (QED) is 0.400. The van der Waals surface area contributed by atoms with Gasteiger partial charge in [0.2, 0.25) is 0 Å². The van der Waals surface area contributed by atoms with Crippen molar-refractivity contribution in [2.24, 2.45) is 5.10 Å². The maximum atomic E-state index is 11.9. The van der Waals surface area contributed by atoms with Crippen molar-refractivity contribution in [1.29, 1.82) is 0 Å². The number of hydrazone groups is 1. The van der Waals surface area contributed by atoms with Crippen molar-refractivity contribution in [3.63, 3.8) is 0 Å². The minimum atomic E-state index is -0.408. The summed E-state index contributed by atoms with van der Waals surface area (Å²) >= 11 is 12.1. The van der Waals surface area contributed by atoms with Gasteiger partial charge in [0, 0.05) is 5.56 Å². The molecule has 0 saturated heterocycles. The highest BCUT2D eigenvalue weighted by Gasteiger charge is 2.04. The fraction of sp³-hybridized carbons (Fsp3) is 0.0909. The maximum Gasteiger partial charge on any atom is 0.277 e. The molecule has 148 valence electrons. The van der Waals surface area contributed by atoms with E-state index in [-0.39, 0.29) is 6.61 Å². The molecule has 7 heteroatoms. The van der Waals surface area contributed by atoms with Crippen LogP contribution in [0.5, 0.6) is 11.5 Å². The van der Waals surface area contributed by atoms with Crippen LogP contribution >= 0.6 is 23.2 Å². The number of rotatable bonds is 8. The molecule has 0 bridgehead atoms. The minimum Gasteiger partial charge on any atom is -0.489 e. The Bertz CT molecular complexity index is 957. The molecule has 0 unspecified atom stereocenters. The largest absolute Gasteiger partial charge is 0.489 e. The molecule has 0 aliphatic heterocycles. The maximum absolute atomic E-state index is 11.9. The molecule has 0 atom stereocenters. The lowest BCUT2D eigenvalue weighted by molar-refractivity contribution is -0.123. The van der Waals surface area contributed by atoms with Gasteiger partial charge in [-0.15, -0.1) is 0 Å². The van der Waals surface area contributed by atoms with Gasteiger partial charge in [-0.3, -0.25) is 4.79 Å². The van der Waals surface area contributed by atoms with Crippen molar-refractivity contribution in [3.05, 3.63) is 94.0 Å². The monoisotopic (exact) mass is 428 g/mol. The fourth-order valence-electron chi connectivity index (χ4n) is 2.36. The van der Waals surface area contributed by atoms with E-state index in [0.717, 1.165) is 5.56 Å². The molecule has 1 N–H and O–H groups in total. The Morgan fingerprint density at radius 1 is 0.862 bits per heavy atom. The standard InChI is InChI=1S/C22H18Cl2N2O3/c23-20-7-4-8-21(24)19(20)13-25-26-22(27)15-29-18-11-9-17(10-12-18)28-14-16-5-2-1-3-6-16/h1-13H,14-15H2,(H,26,27)/b25-13+. The van der Waals surface area contributed by atoms with E-state index >= 15 is 0 Å². The number of carbonyl (C=O) groups is 1. The number of hydrogen-bond acceptors (Lipinski definition) is 4. The summed E-state index contributed by atoms with van der Waals surface area (Å²) in [5.41, 5.74) is 3.99. The lowest BCUT2D eigenvalue weighted by Crippen LogP contribution is -2.24. The van der Waals surface area contributed by atoms with Crippen LogP contribution in [-0.4, -0.2) is 18.7 Å². The Hall–Kier alpha value is -3.02. The van der Waals surface area contributed by atoms with E-state index in [0.29, 0.717) is 33.7 Å². The van der Waals surface area contributed by atoms with Crippen molar-refractivity contribution in [2.75, 3.05) is 6.61 Å². The van der Waals surface area contributed by atoms with Crippen LogP contribution in [0.2, 0.25) is 10.0 Å². The molecule has 0 aliphatic rings. The molecule has 0 radical (unpaired) electrons.